The molecule has 0 saturated heterocycles. The van der Waals surface area contributed by atoms with E-state index in [1.165, 1.54) is 13.2 Å². The molecule has 0 aliphatic heterocycles. The Balaban J connectivity index is 2.30. The quantitative estimate of drug-likeness (QED) is 0.447. The number of benzene rings is 2. The summed E-state index contributed by atoms with van der Waals surface area (Å²) in [5, 5.41) is 0.749. The molecule has 2 aromatic rings. The number of ether oxygens (including phenoxy) is 2. The third-order valence-corrected chi connectivity index (χ3v) is 4.00. The van der Waals surface area contributed by atoms with Crippen LogP contribution in [0, 0.1) is 0 Å². The molecule has 0 bridgehead atoms. The Morgan fingerprint density at radius 3 is 2.52 bits per heavy atom. The molecule has 0 fully saturated rings. The zero-order chi connectivity index (χ0) is 15.4. The molecule has 0 saturated carbocycles. The van der Waals surface area contributed by atoms with Crippen LogP contribution in [-0.4, -0.2) is 19.3 Å². The van der Waals surface area contributed by atoms with Crippen molar-refractivity contribution in [1.29, 1.82) is 0 Å². The van der Waals surface area contributed by atoms with Crippen molar-refractivity contribution in [3.8, 4) is 11.5 Å². The van der Waals surface area contributed by atoms with E-state index in [1.807, 2.05) is 12.3 Å². The first kappa shape index (κ1) is 16.0. The van der Waals surface area contributed by atoms with E-state index in [2.05, 4.69) is 0 Å². The van der Waals surface area contributed by atoms with E-state index >= 15 is 0 Å². The van der Waals surface area contributed by atoms with Crippen LogP contribution in [0.15, 0.2) is 41.3 Å². The van der Waals surface area contributed by atoms with Crippen LogP contribution in [-0.2, 0) is 0 Å². The van der Waals surface area contributed by atoms with Crippen LogP contribution in [0.25, 0.3) is 0 Å². The first-order chi connectivity index (χ1) is 10.0. The van der Waals surface area contributed by atoms with Crippen molar-refractivity contribution in [2.24, 2.45) is 0 Å². The van der Waals surface area contributed by atoms with E-state index < -0.39 is 5.97 Å². The van der Waals surface area contributed by atoms with Gasteiger partial charge in [0.25, 0.3) is 0 Å². The van der Waals surface area contributed by atoms with Crippen LogP contribution in [0.5, 0.6) is 11.5 Å². The molecule has 0 spiro atoms. The van der Waals surface area contributed by atoms with Gasteiger partial charge >= 0.3 is 5.97 Å². The number of rotatable bonds is 4. The first-order valence-corrected chi connectivity index (χ1v) is 7.92. The molecule has 0 atom stereocenters. The number of esters is 1. The highest BCUT2D eigenvalue weighted by molar-refractivity contribution is 7.98. The van der Waals surface area contributed by atoms with Gasteiger partial charge in [0.05, 0.1) is 12.1 Å². The molecule has 0 N–H and O–H groups in total. The summed E-state index contributed by atoms with van der Waals surface area (Å²) in [4.78, 5) is 13.2. The topological polar surface area (TPSA) is 35.5 Å². The van der Waals surface area contributed by atoms with Crippen LogP contribution in [0.1, 0.15) is 10.4 Å². The predicted octanol–water partition coefficient (Wildman–Crippen LogP) is 4.94. The smallest absolute Gasteiger partial charge is 0.347 e. The fourth-order valence-corrected chi connectivity index (χ4v) is 2.42. The van der Waals surface area contributed by atoms with Gasteiger partial charge in [-0.2, -0.15) is 0 Å². The Labute approximate surface area is 137 Å². The summed E-state index contributed by atoms with van der Waals surface area (Å²) in [6.07, 6.45) is 1.94. The molecule has 0 aliphatic rings. The van der Waals surface area contributed by atoms with Gasteiger partial charge in [-0.05, 0) is 36.6 Å². The Morgan fingerprint density at radius 2 is 1.86 bits per heavy atom. The van der Waals surface area contributed by atoms with E-state index in [1.54, 1.807) is 36.0 Å². The third-order valence-electron chi connectivity index (χ3n) is 2.72. The summed E-state index contributed by atoms with van der Waals surface area (Å²) in [6, 6.07) is 9.94. The molecule has 2 aromatic carbocycles. The largest absolute Gasteiger partial charge is 0.496 e. The van der Waals surface area contributed by atoms with E-state index in [0.29, 0.717) is 21.4 Å². The molecule has 110 valence electrons. The lowest BCUT2D eigenvalue weighted by atomic mass is 10.2. The van der Waals surface area contributed by atoms with Crippen LogP contribution < -0.4 is 9.47 Å². The van der Waals surface area contributed by atoms with Crippen LogP contribution in [0.2, 0.25) is 10.0 Å². The highest BCUT2D eigenvalue weighted by Gasteiger charge is 2.16. The van der Waals surface area contributed by atoms with E-state index in [0.717, 1.165) is 4.90 Å². The highest BCUT2D eigenvalue weighted by Crippen LogP contribution is 2.30. The molecule has 0 radical (unpaired) electrons. The lowest BCUT2D eigenvalue weighted by Gasteiger charge is -2.10. The van der Waals surface area contributed by atoms with Gasteiger partial charge < -0.3 is 9.47 Å². The fraction of sp³-hybridized carbons (Fsp3) is 0.133. The molecule has 3 nitrogen and oxygen atoms in total. The Hall–Kier alpha value is -1.36. The van der Waals surface area contributed by atoms with Crippen LogP contribution in [0.3, 0.4) is 0 Å². The number of carbonyl (C=O) groups is 1. The lowest BCUT2D eigenvalue weighted by Crippen LogP contribution is -2.10. The van der Waals surface area contributed by atoms with Crippen molar-refractivity contribution in [2.45, 2.75) is 4.90 Å². The van der Waals surface area contributed by atoms with Crippen LogP contribution >= 0.6 is 35.0 Å². The van der Waals surface area contributed by atoms with Crippen molar-refractivity contribution >= 4 is 40.9 Å². The molecule has 0 amide bonds. The maximum Gasteiger partial charge on any atom is 0.347 e. The van der Waals surface area contributed by atoms with Crippen molar-refractivity contribution < 1.29 is 14.3 Å². The number of thioether (sulfide) groups is 1. The molecule has 0 aromatic heterocycles. The number of hydrogen-bond donors (Lipinski definition) is 0. The molecule has 0 heterocycles. The third kappa shape index (κ3) is 3.84. The van der Waals surface area contributed by atoms with Crippen LogP contribution in [0.4, 0.5) is 0 Å². The van der Waals surface area contributed by atoms with Gasteiger partial charge in [-0.1, -0.05) is 23.2 Å². The number of hydrogen-bond acceptors (Lipinski definition) is 4. The van der Waals surface area contributed by atoms with Gasteiger partial charge in [0, 0.05) is 16.0 Å². The second-order valence-electron chi connectivity index (χ2n) is 4.03. The Morgan fingerprint density at radius 1 is 1.10 bits per heavy atom. The molecule has 2 rings (SSSR count). The van der Waals surface area contributed by atoms with Gasteiger partial charge in [-0.15, -0.1) is 11.8 Å². The Bertz CT molecular complexity index is 674. The molecular formula is C15H12Cl2O3S. The number of halogens is 2. The average molecular weight is 343 g/mol. The highest BCUT2D eigenvalue weighted by atomic mass is 35.5. The van der Waals surface area contributed by atoms with Gasteiger partial charge in [0.15, 0.2) is 5.75 Å². The molecule has 6 heteroatoms. The summed E-state index contributed by atoms with van der Waals surface area (Å²) >= 11 is 13.4. The standard InChI is InChI=1S/C15H12Cl2O3S/c1-19-13-8-10(21-2)4-5-11(13)15(18)20-14-7-9(16)3-6-12(14)17/h3-8H,1-2H3. The summed E-state index contributed by atoms with van der Waals surface area (Å²) in [6.45, 7) is 0. The number of methoxy groups -OCH3 is 1. The van der Waals surface area contributed by atoms with E-state index in [4.69, 9.17) is 32.7 Å². The normalized spacial score (nSPS) is 10.3. The van der Waals surface area contributed by atoms with Gasteiger partial charge in [0.1, 0.15) is 11.3 Å². The maximum atomic E-state index is 12.2. The number of carbonyl (C=O) groups excluding carboxylic acids is 1. The van der Waals surface area contributed by atoms with Gasteiger partial charge in [-0.25, -0.2) is 4.79 Å². The first-order valence-electron chi connectivity index (χ1n) is 5.94. The Kier molecular flexibility index (Phi) is 5.39. The summed E-state index contributed by atoms with van der Waals surface area (Å²) < 4.78 is 10.5. The summed E-state index contributed by atoms with van der Waals surface area (Å²) in [5.41, 5.74) is 0.325. The fourth-order valence-electron chi connectivity index (χ4n) is 1.68. The van der Waals surface area contributed by atoms with E-state index in [9.17, 15) is 4.79 Å². The second kappa shape index (κ2) is 7.07. The van der Waals surface area contributed by atoms with E-state index in [-0.39, 0.29) is 5.75 Å². The second-order valence-corrected chi connectivity index (χ2v) is 5.75. The molecule has 21 heavy (non-hydrogen) atoms. The van der Waals surface area contributed by atoms with Gasteiger partial charge in [-0.3, -0.25) is 0 Å². The van der Waals surface area contributed by atoms with Crippen molar-refractivity contribution in [1.82, 2.24) is 0 Å². The van der Waals surface area contributed by atoms with Crippen molar-refractivity contribution in [2.75, 3.05) is 13.4 Å². The molecule has 0 unspecified atom stereocenters. The minimum atomic E-state index is -0.552. The summed E-state index contributed by atoms with van der Waals surface area (Å²) in [7, 11) is 1.50. The summed E-state index contributed by atoms with van der Waals surface area (Å²) in [5.74, 6) is 0.110. The predicted molar refractivity (Wildman–Crippen MR) is 86.2 cm³/mol. The minimum absolute atomic E-state index is 0.213. The minimum Gasteiger partial charge on any atom is -0.496 e. The SMILES string of the molecule is COc1cc(SC)ccc1C(=O)Oc1cc(Cl)ccc1Cl. The van der Waals surface area contributed by atoms with Crippen molar-refractivity contribution in [3.63, 3.8) is 0 Å². The maximum absolute atomic E-state index is 12.2. The molecular weight excluding hydrogens is 331 g/mol. The van der Waals surface area contributed by atoms with Crippen molar-refractivity contribution in [3.05, 3.63) is 52.0 Å². The average Bonchev–Trinajstić information content (AvgIpc) is 2.50. The monoisotopic (exact) mass is 342 g/mol. The lowest BCUT2D eigenvalue weighted by molar-refractivity contribution is 0.0731. The molecule has 0 aliphatic carbocycles. The zero-order valence-electron chi connectivity index (χ0n) is 11.4. The zero-order valence-corrected chi connectivity index (χ0v) is 13.7. The van der Waals surface area contributed by atoms with Gasteiger partial charge in [0.2, 0.25) is 0 Å².